The van der Waals surface area contributed by atoms with Crippen LogP contribution in [0.1, 0.15) is 42.5 Å². The lowest BCUT2D eigenvalue weighted by Gasteiger charge is -2.49. The molecule has 1 N–H and O–H groups in total. The molecule has 34 heavy (non-hydrogen) atoms. The number of ether oxygens (including phenoxy) is 1. The molecule has 0 radical (unpaired) electrons. The zero-order valence-electron chi connectivity index (χ0n) is 19.0. The number of nitriles is 1. The van der Waals surface area contributed by atoms with Crippen LogP contribution in [-0.4, -0.2) is 41.0 Å². The predicted molar refractivity (Wildman–Crippen MR) is 131 cm³/mol. The van der Waals surface area contributed by atoms with E-state index in [9.17, 15) is 4.79 Å². The number of piperidine rings is 1. The number of hydrogen-bond acceptors (Lipinski definition) is 7. The molecule has 1 aromatic heterocycles. The summed E-state index contributed by atoms with van der Waals surface area (Å²) in [5, 5.41) is 11.9. The van der Waals surface area contributed by atoms with Crippen molar-refractivity contribution in [3.8, 4) is 17.3 Å². The van der Waals surface area contributed by atoms with Crippen molar-refractivity contribution >= 4 is 23.1 Å². The molecule has 3 aromatic rings. The molecule has 0 saturated carbocycles. The summed E-state index contributed by atoms with van der Waals surface area (Å²) in [6.07, 6.45) is 5.68. The standard InChI is InChI=1S/C27H27N5O2/c28-15-1-3-25(33)21-6-4-20(5-7-21)24-12-16-29-26(31-24)30-22-8-10-23(11-9-22)32-17-2-13-27(19-32)14-18-34-27/h4-12,16H,1-3,13-14,17-19H2,(H,29,30,31)/t27-/m0/s1. The van der Waals surface area contributed by atoms with E-state index in [1.165, 1.54) is 5.69 Å². The minimum atomic E-state index is -0.0264. The van der Waals surface area contributed by atoms with Gasteiger partial charge in [0.05, 0.1) is 24.0 Å². The third-order valence-electron chi connectivity index (χ3n) is 6.62. The molecule has 7 heteroatoms. The summed E-state index contributed by atoms with van der Waals surface area (Å²) in [6.45, 7) is 2.92. The maximum atomic E-state index is 12.1. The number of anilines is 3. The van der Waals surface area contributed by atoms with Gasteiger partial charge in [0, 0.05) is 61.1 Å². The fraction of sp³-hybridized carbons (Fsp3) is 0.333. The second-order valence-corrected chi connectivity index (χ2v) is 8.90. The van der Waals surface area contributed by atoms with Gasteiger partial charge in [-0.05, 0) is 43.2 Å². The highest BCUT2D eigenvalue weighted by atomic mass is 16.5. The van der Waals surface area contributed by atoms with Crippen molar-refractivity contribution in [3.05, 3.63) is 66.4 Å². The van der Waals surface area contributed by atoms with Crippen molar-refractivity contribution in [3.63, 3.8) is 0 Å². The maximum Gasteiger partial charge on any atom is 0.227 e. The van der Waals surface area contributed by atoms with Crippen molar-refractivity contribution in [1.82, 2.24) is 9.97 Å². The fourth-order valence-corrected chi connectivity index (χ4v) is 4.64. The number of nitrogens with zero attached hydrogens (tertiary/aromatic N) is 4. The second kappa shape index (κ2) is 9.62. The van der Waals surface area contributed by atoms with Crippen molar-refractivity contribution in [2.75, 3.05) is 29.9 Å². The Hall–Kier alpha value is -3.76. The van der Waals surface area contributed by atoms with E-state index in [1.807, 2.05) is 24.3 Å². The zero-order chi connectivity index (χ0) is 23.4. The molecule has 2 fully saturated rings. The summed E-state index contributed by atoms with van der Waals surface area (Å²) in [5.74, 6) is 0.487. The molecule has 0 bridgehead atoms. The molecule has 5 rings (SSSR count). The van der Waals surface area contributed by atoms with Crippen LogP contribution in [0.25, 0.3) is 11.3 Å². The molecule has 2 aromatic carbocycles. The van der Waals surface area contributed by atoms with Crippen molar-refractivity contribution in [2.24, 2.45) is 0 Å². The van der Waals surface area contributed by atoms with Crippen LogP contribution in [0.3, 0.4) is 0 Å². The molecular formula is C27H27N5O2. The van der Waals surface area contributed by atoms with E-state index in [1.54, 1.807) is 18.3 Å². The molecular weight excluding hydrogens is 426 g/mol. The number of aromatic nitrogens is 2. The minimum Gasteiger partial charge on any atom is -0.373 e. The van der Waals surface area contributed by atoms with Gasteiger partial charge in [0.15, 0.2) is 5.78 Å². The topological polar surface area (TPSA) is 91.1 Å². The van der Waals surface area contributed by atoms with Crippen LogP contribution < -0.4 is 10.2 Å². The highest BCUT2D eigenvalue weighted by Crippen LogP contribution is 2.37. The number of nitrogens with one attached hydrogen (secondary N) is 1. The Morgan fingerprint density at radius 1 is 1.12 bits per heavy atom. The summed E-state index contributed by atoms with van der Waals surface area (Å²) in [6, 6.07) is 19.5. The summed E-state index contributed by atoms with van der Waals surface area (Å²) >= 11 is 0. The van der Waals surface area contributed by atoms with Crippen molar-refractivity contribution < 1.29 is 9.53 Å². The lowest BCUT2D eigenvalue weighted by molar-refractivity contribution is -0.150. The van der Waals surface area contributed by atoms with Crippen LogP contribution in [-0.2, 0) is 4.74 Å². The maximum absolute atomic E-state index is 12.1. The summed E-state index contributed by atoms with van der Waals surface area (Å²) < 4.78 is 5.90. The van der Waals surface area contributed by atoms with E-state index in [2.05, 4.69) is 44.5 Å². The van der Waals surface area contributed by atoms with Crippen LogP contribution in [0, 0.1) is 11.3 Å². The average molecular weight is 454 g/mol. The average Bonchev–Trinajstić information content (AvgIpc) is 2.87. The molecule has 1 spiro atoms. The first-order valence-electron chi connectivity index (χ1n) is 11.7. The molecule has 172 valence electrons. The van der Waals surface area contributed by atoms with E-state index in [0.29, 0.717) is 11.5 Å². The predicted octanol–water partition coefficient (Wildman–Crippen LogP) is 5.13. The number of carbonyl (C=O) groups is 1. The third-order valence-corrected chi connectivity index (χ3v) is 6.62. The Morgan fingerprint density at radius 3 is 2.62 bits per heavy atom. The summed E-state index contributed by atoms with van der Waals surface area (Å²) in [4.78, 5) is 23.5. The quantitative estimate of drug-likeness (QED) is 0.496. The van der Waals surface area contributed by atoms with E-state index >= 15 is 0 Å². The highest BCUT2D eigenvalue weighted by Gasteiger charge is 2.42. The van der Waals surface area contributed by atoms with Gasteiger partial charge < -0.3 is 15.0 Å². The monoisotopic (exact) mass is 453 g/mol. The van der Waals surface area contributed by atoms with Crippen LogP contribution in [0.5, 0.6) is 0 Å². The van der Waals surface area contributed by atoms with E-state index in [-0.39, 0.29) is 24.2 Å². The Morgan fingerprint density at radius 2 is 1.91 bits per heavy atom. The Balaban J connectivity index is 1.24. The Bertz CT molecular complexity index is 1200. The number of ketones is 1. The fourth-order valence-electron chi connectivity index (χ4n) is 4.64. The van der Waals surface area contributed by atoms with Crippen molar-refractivity contribution in [2.45, 2.75) is 37.7 Å². The van der Waals surface area contributed by atoms with Gasteiger partial charge in [0.2, 0.25) is 5.95 Å². The summed E-state index contributed by atoms with van der Waals surface area (Å²) in [7, 11) is 0. The van der Waals surface area contributed by atoms with Gasteiger partial charge in [-0.2, -0.15) is 5.26 Å². The van der Waals surface area contributed by atoms with E-state index in [4.69, 9.17) is 10.00 Å². The number of Topliss-reactive ketones (excluding diaryl/α,β-unsaturated/α-hetero) is 1. The number of benzene rings is 2. The van der Waals surface area contributed by atoms with Crippen LogP contribution in [0.4, 0.5) is 17.3 Å². The first-order valence-corrected chi connectivity index (χ1v) is 11.7. The van der Waals surface area contributed by atoms with Gasteiger partial charge in [-0.15, -0.1) is 0 Å². The summed E-state index contributed by atoms with van der Waals surface area (Å²) in [5.41, 5.74) is 4.48. The molecule has 2 aliphatic heterocycles. The number of rotatable bonds is 7. The first kappa shape index (κ1) is 22.1. The molecule has 2 saturated heterocycles. The van der Waals surface area contributed by atoms with E-state index in [0.717, 1.165) is 55.9 Å². The highest BCUT2D eigenvalue weighted by molar-refractivity contribution is 5.96. The molecule has 0 unspecified atom stereocenters. The molecule has 1 atom stereocenters. The van der Waals surface area contributed by atoms with Crippen molar-refractivity contribution in [1.29, 1.82) is 5.26 Å². The van der Waals surface area contributed by atoms with Crippen LogP contribution in [0.2, 0.25) is 0 Å². The second-order valence-electron chi connectivity index (χ2n) is 8.90. The number of carbonyl (C=O) groups excluding carboxylic acids is 1. The van der Waals surface area contributed by atoms with Gasteiger partial charge in [0.1, 0.15) is 0 Å². The third kappa shape index (κ3) is 4.78. The SMILES string of the molecule is N#CCCC(=O)c1ccc(-c2ccnc(Nc3ccc(N4CCC[C@]5(CCO5)C4)cc3)n2)cc1. The largest absolute Gasteiger partial charge is 0.373 e. The van der Waals surface area contributed by atoms with Gasteiger partial charge >= 0.3 is 0 Å². The van der Waals surface area contributed by atoms with Crippen LogP contribution >= 0.6 is 0 Å². The zero-order valence-corrected chi connectivity index (χ0v) is 19.0. The lowest BCUT2D eigenvalue weighted by atomic mass is 9.85. The van der Waals surface area contributed by atoms with Gasteiger partial charge in [-0.25, -0.2) is 9.97 Å². The molecule has 7 nitrogen and oxygen atoms in total. The Labute approximate surface area is 199 Å². The smallest absolute Gasteiger partial charge is 0.227 e. The lowest BCUT2D eigenvalue weighted by Crippen LogP contribution is -2.56. The number of hydrogen-bond donors (Lipinski definition) is 1. The van der Waals surface area contributed by atoms with Gasteiger partial charge in [-0.3, -0.25) is 4.79 Å². The molecule has 2 aliphatic rings. The molecule has 3 heterocycles. The molecule has 0 aliphatic carbocycles. The van der Waals surface area contributed by atoms with Gasteiger partial charge in [0.25, 0.3) is 0 Å². The first-order chi connectivity index (χ1) is 16.6. The van der Waals surface area contributed by atoms with Crippen LogP contribution in [0.15, 0.2) is 60.8 Å². The minimum absolute atomic E-state index is 0.0264. The van der Waals surface area contributed by atoms with E-state index < -0.39 is 0 Å². The normalized spacial score (nSPS) is 19.3. The molecule has 0 amide bonds. The van der Waals surface area contributed by atoms with Gasteiger partial charge in [-0.1, -0.05) is 24.3 Å². The Kier molecular flexibility index (Phi) is 6.24.